The van der Waals surface area contributed by atoms with E-state index in [2.05, 4.69) is 12.3 Å². The van der Waals surface area contributed by atoms with Crippen molar-refractivity contribution < 1.29 is 4.39 Å². The fourth-order valence-electron chi connectivity index (χ4n) is 2.60. The van der Waals surface area contributed by atoms with Gasteiger partial charge in [0.2, 0.25) is 0 Å². The van der Waals surface area contributed by atoms with Crippen LogP contribution in [-0.4, -0.2) is 22.0 Å². The molecule has 1 aliphatic heterocycles. The zero-order chi connectivity index (χ0) is 13.8. The van der Waals surface area contributed by atoms with Crippen LogP contribution in [0.4, 0.5) is 4.39 Å². The standard InChI is InChI=1S/C14H21FN2S2/c1-3-12-14(19-7-6-18-12)13(17-16)11-5-4-10(15)8-9(11)2/h4-5,8,12-14,17H,3,6-7,16H2,1-2H3. The molecule has 1 aliphatic rings. The third-order valence-corrected chi connectivity index (χ3v) is 6.92. The van der Waals surface area contributed by atoms with Crippen LogP contribution in [0.2, 0.25) is 0 Å². The lowest BCUT2D eigenvalue weighted by Gasteiger charge is -2.36. The molecule has 3 unspecified atom stereocenters. The second kappa shape index (κ2) is 6.97. The van der Waals surface area contributed by atoms with Gasteiger partial charge >= 0.3 is 0 Å². The molecule has 1 heterocycles. The monoisotopic (exact) mass is 300 g/mol. The molecule has 0 bridgehead atoms. The van der Waals surface area contributed by atoms with Crippen molar-refractivity contribution >= 4 is 23.5 Å². The van der Waals surface area contributed by atoms with Crippen molar-refractivity contribution in [3.05, 3.63) is 35.1 Å². The Labute approximate surface area is 123 Å². The molecule has 0 radical (unpaired) electrons. The maximum Gasteiger partial charge on any atom is 0.123 e. The van der Waals surface area contributed by atoms with Crippen LogP contribution in [0.25, 0.3) is 0 Å². The SMILES string of the molecule is CCC1SCCSC1C(NN)c1ccc(F)cc1C. The quantitative estimate of drug-likeness (QED) is 0.661. The Bertz CT molecular complexity index is 428. The van der Waals surface area contributed by atoms with Gasteiger partial charge in [-0.2, -0.15) is 23.5 Å². The molecule has 3 atom stereocenters. The summed E-state index contributed by atoms with van der Waals surface area (Å²) in [7, 11) is 0. The van der Waals surface area contributed by atoms with E-state index in [4.69, 9.17) is 5.84 Å². The van der Waals surface area contributed by atoms with E-state index in [0.29, 0.717) is 10.5 Å². The highest BCUT2D eigenvalue weighted by Crippen LogP contribution is 2.40. The Morgan fingerprint density at radius 3 is 2.79 bits per heavy atom. The molecule has 1 aromatic carbocycles. The van der Waals surface area contributed by atoms with E-state index in [1.54, 1.807) is 6.07 Å². The average molecular weight is 300 g/mol. The number of hydrogen-bond acceptors (Lipinski definition) is 4. The second-order valence-corrected chi connectivity index (χ2v) is 7.43. The normalized spacial score (nSPS) is 25.3. The van der Waals surface area contributed by atoms with Crippen LogP contribution in [0.3, 0.4) is 0 Å². The number of nitrogens with one attached hydrogen (secondary N) is 1. The summed E-state index contributed by atoms with van der Waals surface area (Å²) in [5.74, 6) is 7.97. The molecule has 0 amide bonds. The molecule has 1 saturated heterocycles. The number of hydrazine groups is 1. The van der Waals surface area contributed by atoms with Crippen molar-refractivity contribution in [3.8, 4) is 0 Å². The topological polar surface area (TPSA) is 38.0 Å². The zero-order valence-corrected chi connectivity index (χ0v) is 13.0. The fourth-order valence-corrected chi connectivity index (χ4v) is 5.82. The molecular formula is C14H21FN2S2. The molecule has 1 fully saturated rings. The summed E-state index contributed by atoms with van der Waals surface area (Å²) in [6.07, 6.45) is 1.14. The van der Waals surface area contributed by atoms with Crippen molar-refractivity contribution in [1.29, 1.82) is 0 Å². The fraction of sp³-hybridized carbons (Fsp3) is 0.571. The van der Waals surface area contributed by atoms with Crippen molar-refractivity contribution in [2.75, 3.05) is 11.5 Å². The number of aryl methyl sites for hydroxylation is 1. The number of benzene rings is 1. The molecule has 5 heteroatoms. The highest BCUT2D eigenvalue weighted by molar-refractivity contribution is 8.07. The number of hydrogen-bond donors (Lipinski definition) is 2. The summed E-state index contributed by atoms with van der Waals surface area (Å²) in [6.45, 7) is 4.17. The number of thioether (sulfide) groups is 2. The molecule has 106 valence electrons. The summed E-state index contributed by atoms with van der Waals surface area (Å²) in [5, 5.41) is 1.04. The van der Waals surface area contributed by atoms with Crippen molar-refractivity contribution in [1.82, 2.24) is 5.43 Å². The van der Waals surface area contributed by atoms with E-state index in [9.17, 15) is 4.39 Å². The van der Waals surface area contributed by atoms with Crippen LogP contribution in [0.15, 0.2) is 18.2 Å². The van der Waals surface area contributed by atoms with Crippen molar-refractivity contribution in [2.24, 2.45) is 5.84 Å². The highest BCUT2D eigenvalue weighted by atomic mass is 32.2. The van der Waals surface area contributed by atoms with E-state index in [-0.39, 0.29) is 11.9 Å². The number of rotatable bonds is 4. The average Bonchev–Trinajstić information content (AvgIpc) is 2.42. The van der Waals surface area contributed by atoms with Gasteiger partial charge in [0, 0.05) is 22.0 Å². The summed E-state index contributed by atoms with van der Waals surface area (Å²) in [6, 6.07) is 5.06. The lowest BCUT2D eigenvalue weighted by atomic mass is 9.96. The van der Waals surface area contributed by atoms with Gasteiger partial charge in [-0.1, -0.05) is 13.0 Å². The van der Waals surface area contributed by atoms with Gasteiger partial charge in [-0.3, -0.25) is 11.3 Å². The molecule has 19 heavy (non-hydrogen) atoms. The number of halogens is 1. The van der Waals surface area contributed by atoms with Crippen molar-refractivity contribution in [2.45, 2.75) is 36.8 Å². The summed E-state index contributed by atoms with van der Waals surface area (Å²) < 4.78 is 13.2. The molecule has 3 N–H and O–H groups in total. The van der Waals surface area contributed by atoms with Crippen LogP contribution in [0, 0.1) is 12.7 Å². The van der Waals surface area contributed by atoms with Gasteiger partial charge < -0.3 is 0 Å². The van der Waals surface area contributed by atoms with Gasteiger partial charge in [-0.25, -0.2) is 4.39 Å². The van der Waals surface area contributed by atoms with Crippen LogP contribution in [-0.2, 0) is 0 Å². The lowest BCUT2D eigenvalue weighted by Crippen LogP contribution is -2.42. The van der Waals surface area contributed by atoms with Gasteiger partial charge in [0.05, 0.1) is 6.04 Å². The second-order valence-electron chi connectivity index (χ2n) is 4.80. The van der Waals surface area contributed by atoms with E-state index >= 15 is 0 Å². The van der Waals surface area contributed by atoms with Crippen molar-refractivity contribution in [3.63, 3.8) is 0 Å². The predicted molar refractivity (Wildman–Crippen MR) is 84.0 cm³/mol. The molecule has 0 aromatic heterocycles. The minimum absolute atomic E-state index is 0.0864. The highest BCUT2D eigenvalue weighted by Gasteiger charge is 2.33. The first-order chi connectivity index (χ1) is 9.17. The Kier molecular flexibility index (Phi) is 5.57. The lowest BCUT2D eigenvalue weighted by molar-refractivity contribution is 0.510. The summed E-state index contributed by atoms with van der Waals surface area (Å²) in [5.41, 5.74) is 5.04. The van der Waals surface area contributed by atoms with Crippen LogP contribution < -0.4 is 11.3 Å². The van der Waals surface area contributed by atoms with Crippen LogP contribution >= 0.6 is 23.5 Å². The first-order valence-electron chi connectivity index (χ1n) is 6.62. The first kappa shape index (κ1) is 15.2. The van der Waals surface area contributed by atoms with Gasteiger partial charge in [-0.05, 0) is 36.6 Å². The first-order valence-corrected chi connectivity index (χ1v) is 8.72. The minimum Gasteiger partial charge on any atom is -0.271 e. The molecule has 0 spiro atoms. The summed E-state index contributed by atoms with van der Waals surface area (Å²) >= 11 is 4.01. The smallest absolute Gasteiger partial charge is 0.123 e. The Balaban J connectivity index is 2.27. The molecule has 0 aliphatic carbocycles. The third kappa shape index (κ3) is 3.45. The largest absolute Gasteiger partial charge is 0.271 e. The van der Waals surface area contributed by atoms with Gasteiger partial charge in [0.25, 0.3) is 0 Å². The zero-order valence-electron chi connectivity index (χ0n) is 11.4. The maximum atomic E-state index is 13.2. The van der Waals surface area contributed by atoms with E-state index in [0.717, 1.165) is 23.3 Å². The van der Waals surface area contributed by atoms with Gasteiger partial charge in [0.1, 0.15) is 5.82 Å². The van der Waals surface area contributed by atoms with Crippen LogP contribution in [0.5, 0.6) is 0 Å². The Hall–Kier alpha value is -0.230. The minimum atomic E-state index is -0.185. The Morgan fingerprint density at radius 1 is 1.42 bits per heavy atom. The Morgan fingerprint density at radius 2 is 2.16 bits per heavy atom. The van der Waals surface area contributed by atoms with E-state index in [1.807, 2.05) is 36.5 Å². The number of nitrogens with two attached hydrogens (primary N) is 1. The molecule has 1 aromatic rings. The maximum absolute atomic E-state index is 13.2. The molecular weight excluding hydrogens is 279 g/mol. The van der Waals surface area contributed by atoms with Gasteiger partial charge in [-0.15, -0.1) is 0 Å². The summed E-state index contributed by atoms with van der Waals surface area (Å²) in [4.78, 5) is 0. The molecule has 0 saturated carbocycles. The molecule has 2 nitrogen and oxygen atoms in total. The molecule has 2 rings (SSSR count). The van der Waals surface area contributed by atoms with Crippen LogP contribution in [0.1, 0.15) is 30.5 Å². The van der Waals surface area contributed by atoms with Gasteiger partial charge in [0.15, 0.2) is 0 Å². The van der Waals surface area contributed by atoms with E-state index < -0.39 is 0 Å². The predicted octanol–water partition coefficient (Wildman–Crippen LogP) is 3.27. The third-order valence-electron chi connectivity index (χ3n) is 3.57. The van der Waals surface area contributed by atoms with E-state index in [1.165, 1.54) is 11.8 Å².